The van der Waals surface area contributed by atoms with Gasteiger partial charge in [0.05, 0.1) is 10.7 Å². The van der Waals surface area contributed by atoms with Crippen molar-refractivity contribution < 1.29 is 5.11 Å². The first kappa shape index (κ1) is 10.8. The highest BCUT2D eigenvalue weighted by Crippen LogP contribution is 2.18. The number of hydrogen-bond acceptors (Lipinski definition) is 4. The molecule has 0 spiro atoms. The van der Waals surface area contributed by atoms with Crippen LogP contribution in [0.15, 0.2) is 22.9 Å². The Morgan fingerprint density at radius 1 is 1.33 bits per heavy atom. The number of aryl methyl sites for hydroxylation is 1. The van der Waals surface area contributed by atoms with Gasteiger partial charge in [0.25, 0.3) is 0 Å². The SMILES string of the molecule is OCCCc1csc(Cc2cccs2)n1. The first-order valence-electron chi connectivity index (χ1n) is 4.95. The third-order valence-electron chi connectivity index (χ3n) is 2.10. The van der Waals surface area contributed by atoms with Gasteiger partial charge in [0.15, 0.2) is 0 Å². The molecule has 4 heteroatoms. The molecule has 2 rings (SSSR count). The normalized spacial score (nSPS) is 10.7. The van der Waals surface area contributed by atoms with Crippen molar-refractivity contribution >= 4 is 22.7 Å². The van der Waals surface area contributed by atoms with Crippen LogP contribution < -0.4 is 0 Å². The average Bonchev–Trinajstić information content (AvgIpc) is 2.87. The fourth-order valence-corrected chi connectivity index (χ4v) is 3.02. The summed E-state index contributed by atoms with van der Waals surface area (Å²) in [6, 6.07) is 4.21. The molecule has 0 radical (unpaired) electrons. The van der Waals surface area contributed by atoms with E-state index in [1.165, 1.54) is 9.88 Å². The lowest BCUT2D eigenvalue weighted by atomic mass is 10.3. The number of aromatic nitrogens is 1. The third kappa shape index (κ3) is 3.12. The Hall–Kier alpha value is -0.710. The quantitative estimate of drug-likeness (QED) is 0.870. The Balaban J connectivity index is 1.95. The summed E-state index contributed by atoms with van der Waals surface area (Å²) in [5.74, 6) is 0. The fraction of sp³-hybridized carbons (Fsp3) is 0.364. The number of aliphatic hydroxyl groups excluding tert-OH is 1. The van der Waals surface area contributed by atoms with Gasteiger partial charge in [-0.3, -0.25) is 0 Å². The summed E-state index contributed by atoms with van der Waals surface area (Å²) in [4.78, 5) is 5.90. The van der Waals surface area contributed by atoms with Gasteiger partial charge in [0, 0.05) is 23.3 Å². The molecule has 0 fully saturated rings. The zero-order valence-electron chi connectivity index (χ0n) is 8.35. The average molecular weight is 239 g/mol. The smallest absolute Gasteiger partial charge is 0.0980 e. The Morgan fingerprint density at radius 2 is 2.27 bits per heavy atom. The minimum Gasteiger partial charge on any atom is -0.396 e. The van der Waals surface area contributed by atoms with E-state index in [-0.39, 0.29) is 6.61 Å². The second-order valence-corrected chi connectivity index (χ2v) is 5.29. The monoisotopic (exact) mass is 239 g/mol. The third-order valence-corrected chi connectivity index (χ3v) is 3.87. The van der Waals surface area contributed by atoms with Gasteiger partial charge in [0.1, 0.15) is 0 Å². The van der Waals surface area contributed by atoms with Crippen LogP contribution in [0.25, 0.3) is 0 Å². The lowest BCUT2D eigenvalue weighted by Gasteiger charge is -1.92. The predicted octanol–water partition coefficient (Wildman–Crippen LogP) is 2.72. The van der Waals surface area contributed by atoms with Gasteiger partial charge in [-0.05, 0) is 24.3 Å². The first-order valence-corrected chi connectivity index (χ1v) is 6.71. The van der Waals surface area contributed by atoms with E-state index in [0.29, 0.717) is 0 Å². The van der Waals surface area contributed by atoms with Crippen LogP contribution in [0.3, 0.4) is 0 Å². The van der Waals surface area contributed by atoms with Crippen LogP contribution in [0.2, 0.25) is 0 Å². The van der Waals surface area contributed by atoms with Crippen molar-refractivity contribution in [3.8, 4) is 0 Å². The molecule has 2 heterocycles. The van der Waals surface area contributed by atoms with Crippen LogP contribution in [-0.2, 0) is 12.8 Å². The first-order chi connectivity index (χ1) is 7.38. The van der Waals surface area contributed by atoms with Gasteiger partial charge in [-0.2, -0.15) is 0 Å². The zero-order chi connectivity index (χ0) is 10.5. The van der Waals surface area contributed by atoms with Crippen LogP contribution in [0.1, 0.15) is 22.0 Å². The predicted molar refractivity (Wildman–Crippen MR) is 64.6 cm³/mol. The van der Waals surface area contributed by atoms with E-state index in [0.717, 1.165) is 25.0 Å². The molecule has 2 nitrogen and oxygen atoms in total. The van der Waals surface area contributed by atoms with E-state index in [9.17, 15) is 0 Å². The highest BCUT2D eigenvalue weighted by Gasteiger charge is 2.03. The van der Waals surface area contributed by atoms with Crippen LogP contribution in [0, 0.1) is 0 Å². The standard InChI is InChI=1S/C11H13NOS2/c13-5-1-3-9-8-15-11(12-9)7-10-4-2-6-14-10/h2,4,6,8,13H,1,3,5,7H2. The molecule has 0 amide bonds. The minimum atomic E-state index is 0.248. The molecule has 2 aromatic heterocycles. The van der Waals surface area contributed by atoms with Gasteiger partial charge in [0.2, 0.25) is 0 Å². The van der Waals surface area contributed by atoms with Crippen molar-refractivity contribution in [2.24, 2.45) is 0 Å². The van der Waals surface area contributed by atoms with Crippen LogP contribution in [0.5, 0.6) is 0 Å². The van der Waals surface area contributed by atoms with Gasteiger partial charge in [-0.15, -0.1) is 22.7 Å². The maximum atomic E-state index is 8.72. The molecule has 0 aromatic carbocycles. The minimum absolute atomic E-state index is 0.248. The molecule has 0 aliphatic rings. The van der Waals surface area contributed by atoms with Crippen molar-refractivity contribution in [2.45, 2.75) is 19.3 Å². The number of hydrogen-bond donors (Lipinski definition) is 1. The van der Waals surface area contributed by atoms with E-state index in [1.54, 1.807) is 22.7 Å². The molecule has 0 saturated carbocycles. The molecular formula is C11H13NOS2. The molecule has 15 heavy (non-hydrogen) atoms. The van der Waals surface area contributed by atoms with E-state index in [4.69, 9.17) is 5.11 Å². The number of aliphatic hydroxyl groups is 1. The largest absolute Gasteiger partial charge is 0.396 e. The fourth-order valence-electron chi connectivity index (χ4n) is 1.37. The summed E-state index contributed by atoms with van der Waals surface area (Å²) in [5, 5.41) is 14.1. The number of thiophene rings is 1. The number of thiazole rings is 1. The van der Waals surface area contributed by atoms with E-state index in [1.807, 2.05) is 0 Å². The lowest BCUT2D eigenvalue weighted by molar-refractivity contribution is 0.288. The van der Waals surface area contributed by atoms with E-state index in [2.05, 4.69) is 27.9 Å². The molecule has 0 unspecified atom stereocenters. The van der Waals surface area contributed by atoms with Gasteiger partial charge in [-0.1, -0.05) is 6.07 Å². The van der Waals surface area contributed by atoms with Crippen molar-refractivity contribution in [1.82, 2.24) is 4.98 Å². The molecule has 1 N–H and O–H groups in total. The Morgan fingerprint density at radius 3 is 3.00 bits per heavy atom. The Bertz CT molecular complexity index is 394. The summed E-state index contributed by atoms with van der Waals surface area (Å²) < 4.78 is 0. The lowest BCUT2D eigenvalue weighted by Crippen LogP contribution is -1.90. The van der Waals surface area contributed by atoms with Crippen LogP contribution >= 0.6 is 22.7 Å². The molecule has 0 aliphatic carbocycles. The van der Waals surface area contributed by atoms with E-state index >= 15 is 0 Å². The molecule has 0 bridgehead atoms. The molecule has 2 aromatic rings. The maximum absolute atomic E-state index is 8.72. The highest BCUT2D eigenvalue weighted by atomic mass is 32.1. The Labute approximate surface area is 97.2 Å². The summed E-state index contributed by atoms with van der Waals surface area (Å²) in [6.07, 6.45) is 2.64. The summed E-state index contributed by atoms with van der Waals surface area (Å²) in [6.45, 7) is 0.248. The highest BCUT2D eigenvalue weighted by molar-refractivity contribution is 7.11. The zero-order valence-corrected chi connectivity index (χ0v) is 9.98. The van der Waals surface area contributed by atoms with E-state index < -0.39 is 0 Å². The van der Waals surface area contributed by atoms with Gasteiger partial charge >= 0.3 is 0 Å². The molecule has 0 saturated heterocycles. The summed E-state index contributed by atoms with van der Waals surface area (Å²) in [7, 11) is 0. The topological polar surface area (TPSA) is 33.1 Å². The number of nitrogens with zero attached hydrogens (tertiary/aromatic N) is 1. The second-order valence-electron chi connectivity index (χ2n) is 3.32. The molecular weight excluding hydrogens is 226 g/mol. The van der Waals surface area contributed by atoms with Gasteiger partial charge < -0.3 is 5.11 Å². The van der Waals surface area contributed by atoms with Crippen molar-refractivity contribution in [2.75, 3.05) is 6.61 Å². The summed E-state index contributed by atoms with van der Waals surface area (Å²) >= 11 is 3.48. The maximum Gasteiger partial charge on any atom is 0.0980 e. The van der Waals surface area contributed by atoms with Crippen LogP contribution in [-0.4, -0.2) is 16.7 Å². The molecule has 0 atom stereocenters. The number of rotatable bonds is 5. The van der Waals surface area contributed by atoms with Crippen molar-refractivity contribution in [3.05, 3.63) is 38.5 Å². The molecule has 0 aliphatic heterocycles. The van der Waals surface area contributed by atoms with Crippen molar-refractivity contribution in [1.29, 1.82) is 0 Å². The van der Waals surface area contributed by atoms with Gasteiger partial charge in [-0.25, -0.2) is 4.98 Å². The van der Waals surface area contributed by atoms with Crippen LogP contribution in [0.4, 0.5) is 0 Å². The summed E-state index contributed by atoms with van der Waals surface area (Å²) in [5.41, 5.74) is 1.11. The van der Waals surface area contributed by atoms with Crippen molar-refractivity contribution in [3.63, 3.8) is 0 Å². The molecule has 80 valence electrons. The second kappa shape index (κ2) is 5.39. The Kier molecular flexibility index (Phi) is 3.88.